The van der Waals surface area contributed by atoms with Crippen molar-refractivity contribution in [1.29, 1.82) is 0 Å². The Balaban J connectivity index is 1.48. The molecule has 1 aromatic carbocycles. The summed E-state index contributed by atoms with van der Waals surface area (Å²) in [6.07, 6.45) is 3.03. The number of aromatic nitrogens is 3. The summed E-state index contributed by atoms with van der Waals surface area (Å²) in [6.45, 7) is 7.39. The fraction of sp³-hybridized carbons (Fsp3) is 0.400. The van der Waals surface area contributed by atoms with Crippen LogP contribution < -0.4 is 13.3 Å². The van der Waals surface area contributed by atoms with E-state index in [1.54, 1.807) is 6.07 Å². The number of likely N-dealkylation sites (N-methyl/N-ethyl adjacent to an activating group) is 1. The zero-order chi connectivity index (χ0) is 25.9. The van der Waals surface area contributed by atoms with Crippen LogP contribution in [0.4, 0.5) is 22.1 Å². The number of carbonyl (C=O) groups excluding carboxylic acids is 2. The van der Waals surface area contributed by atoms with E-state index in [0.29, 0.717) is 49.3 Å². The number of rotatable bonds is 6. The minimum absolute atomic E-state index is 0.0606. The lowest BCUT2D eigenvalue weighted by atomic mass is 10.0. The fourth-order valence-electron chi connectivity index (χ4n) is 4.61. The second-order valence-electron chi connectivity index (χ2n) is 8.81. The largest absolute Gasteiger partial charge is 0.377 e. The lowest BCUT2D eigenvalue weighted by Gasteiger charge is -2.38. The molecule has 37 heavy (non-hydrogen) atoms. The maximum Gasteiger partial charge on any atom is 0.336 e. The van der Waals surface area contributed by atoms with Crippen molar-refractivity contribution < 1.29 is 18.8 Å². The summed E-state index contributed by atoms with van der Waals surface area (Å²) >= 11 is 1.93. The molecular formula is C25H28IN7O4. The lowest BCUT2D eigenvalue weighted by Crippen LogP contribution is -2.47. The number of hydrogen-bond acceptors (Lipinski definition) is 8. The summed E-state index contributed by atoms with van der Waals surface area (Å²) in [4.78, 5) is 39.7. The molecule has 0 aliphatic carbocycles. The molecule has 194 valence electrons. The molecule has 3 aromatic rings. The van der Waals surface area contributed by atoms with Gasteiger partial charge >= 0.3 is 6.03 Å². The topological polar surface area (TPSA) is 117 Å². The predicted molar refractivity (Wildman–Crippen MR) is 147 cm³/mol. The first-order valence-electron chi connectivity index (χ1n) is 12.3. The molecule has 1 N–H and O–H groups in total. The third kappa shape index (κ3) is 5.12. The quantitative estimate of drug-likeness (QED) is 0.324. The minimum atomic E-state index is -0.363. The van der Waals surface area contributed by atoms with E-state index in [2.05, 4.69) is 22.3 Å². The van der Waals surface area contributed by atoms with Gasteiger partial charge in [-0.3, -0.25) is 10.1 Å². The van der Waals surface area contributed by atoms with Gasteiger partial charge in [-0.1, -0.05) is 12.1 Å². The lowest BCUT2D eigenvalue weighted by molar-refractivity contribution is 0.0741. The maximum atomic E-state index is 13.3. The molecule has 2 aromatic heterocycles. The van der Waals surface area contributed by atoms with Crippen LogP contribution in [0.25, 0.3) is 11.4 Å². The number of morpholine rings is 1. The third-order valence-electron chi connectivity index (χ3n) is 6.66. The molecule has 0 saturated carbocycles. The number of carbonyl (C=O) groups is 2. The van der Waals surface area contributed by atoms with E-state index in [1.165, 1.54) is 9.38 Å². The predicted octanol–water partition coefficient (Wildman–Crippen LogP) is 4.15. The molecular weight excluding hydrogens is 589 g/mol. The Morgan fingerprint density at radius 2 is 2.00 bits per heavy atom. The van der Waals surface area contributed by atoms with Crippen LogP contribution in [0.2, 0.25) is 0 Å². The van der Waals surface area contributed by atoms with Crippen molar-refractivity contribution in [2.75, 3.05) is 46.2 Å². The van der Waals surface area contributed by atoms with Crippen LogP contribution in [0.1, 0.15) is 36.3 Å². The number of nitrogens with one attached hydrogen (secondary N) is 1. The number of fused-ring (bicyclic) bond motifs is 1. The zero-order valence-electron chi connectivity index (χ0n) is 20.7. The van der Waals surface area contributed by atoms with E-state index in [1.807, 2.05) is 59.0 Å². The second-order valence-corrected chi connectivity index (χ2v) is 9.77. The van der Waals surface area contributed by atoms with Crippen LogP contribution in [0.15, 0.2) is 41.1 Å². The van der Waals surface area contributed by atoms with Gasteiger partial charge in [0.1, 0.15) is 17.8 Å². The Hall–Kier alpha value is -3.26. The van der Waals surface area contributed by atoms with Crippen molar-refractivity contribution in [1.82, 2.24) is 20.0 Å². The first-order chi connectivity index (χ1) is 18.0. The van der Waals surface area contributed by atoms with E-state index in [0.717, 1.165) is 36.3 Å². The third-order valence-corrected chi connectivity index (χ3v) is 7.66. The number of ether oxygens (including phenoxy) is 1. The molecule has 12 heteroatoms. The van der Waals surface area contributed by atoms with Crippen LogP contribution in [0, 0.1) is 0 Å². The molecule has 2 aliphatic rings. The number of anilines is 3. The van der Waals surface area contributed by atoms with Crippen molar-refractivity contribution in [3.63, 3.8) is 0 Å². The van der Waals surface area contributed by atoms with E-state index in [9.17, 15) is 9.59 Å². The zero-order valence-corrected chi connectivity index (χ0v) is 22.8. The number of amides is 3. The van der Waals surface area contributed by atoms with Gasteiger partial charge in [0, 0.05) is 36.8 Å². The fourth-order valence-corrected chi connectivity index (χ4v) is 5.05. The first-order valence-corrected chi connectivity index (χ1v) is 13.3. The van der Waals surface area contributed by atoms with E-state index in [4.69, 9.17) is 19.2 Å². The Morgan fingerprint density at radius 1 is 1.19 bits per heavy atom. The van der Waals surface area contributed by atoms with Gasteiger partial charge in [-0.25, -0.2) is 17.9 Å². The normalized spacial score (nSPS) is 17.5. The maximum absolute atomic E-state index is 13.3. The molecule has 1 atom stereocenters. The SMILES string of the molecule is CCC1COCCN1c1nc(-c2ccc(N(I)C(=O)Nc3ccon3)cc2)nc2c1CCN(CC)C2=O. The number of nitrogens with zero attached hydrogens (tertiary/aromatic N) is 6. The van der Waals surface area contributed by atoms with Crippen LogP contribution in [-0.2, 0) is 11.2 Å². The van der Waals surface area contributed by atoms with Gasteiger partial charge in [0.25, 0.3) is 5.91 Å². The highest BCUT2D eigenvalue weighted by Gasteiger charge is 2.33. The Kier molecular flexibility index (Phi) is 7.55. The summed E-state index contributed by atoms with van der Waals surface area (Å²) < 4.78 is 11.9. The van der Waals surface area contributed by atoms with Crippen molar-refractivity contribution in [3.05, 3.63) is 47.9 Å². The summed E-state index contributed by atoms with van der Waals surface area (Å²) in [6, 6.07) is 8.74. The summed E-state index contributed by atoms with van der Waals surface area (Å²) in [7, 11) is 0. The second kappa shape index (κ2) is 11.0. The van der Waals surface area contributed by atoms with E-state index < -0.39 is 0 Å². The van der Waals surface area contributed by atoms with Gasteiger partial charge in [0.2, 0.25) is 0 Å². The summed E-state index contributed by atoms with van der Waals surface area (Å²) in [5.41, 5.74) is 2.81. The highest BCUT2D eigenvalue weighted by molar-refractivity contribution is 14.1. The molecule has 1 fully saturated rings. The van der Waals surface area contributed by atoms with Crippen molar-refractivity contribution >= 4 is 52.1 Å². The van der Waals surface area contributed by atoms with Crippen LogP contribution in [-0.4, -0.2) is 70.9 Å². The van der Waals surface area contributed by atoms with Crippen molar-refractivity contribution in [2.45, 2.75) is 32.7 Å². The van der Waals surface area contributed by atoms with Gasteiger partial charge in [0.05, 0.1) is 47.8 Å². The number of benzene rings is 1. The average molecular weight is 617 g/mol. The molecule has 0 bridgehead atoms. The highest BCUT2D eigenvalue weighted by Crippen LogP contribution is 2.32. The monoisotopic (exact) mass is 617 g/mol. The smallest absolute Gasteiger partial charge is 0.336 e. The molecule has 11 nitrogen and oxygen atoms in total. The number of halogens is 1. The van der Waals surface area contributed by atoms with Gasteiger partial charge < -0.3 is 19.1 Å². The molecule has 0 radical (unpaired) electrons. The van der Waals surface area contributed by atoms with Crippen LogP contribution >= 0.6 is 22.9 Å². The van der Waals surface area contributed by atoms with Crippen molar-refractivity contribution in [2.24, 2.45) is 0 Å². The molecule has 5 rings (SSSR count). The number of hydrogen-bond donors (Lipinski definition) is 1. The Labute approximate surface area is 228 Å². The number of urea groups is 1. The first kappa shape index (κ1) is 25.4. The molecule has 3 amide bonds. The molecule has 4 heterocycles. The van der Waals surface area contributed by atoms with Gasteiger partial charge in [-0.05, 0) is 44.0 Å². The summed E-state index contributed by atoms with van der Waals surface area (Å²) in [5.74, 6) is 1.58. The highest BCUT2D eigenvalue weighted by atomic mass is 127. The van der Waals surface area contributed by atoms with E-state index >= 15 is 0 Å². The van der Waals surface area contributed by atoms with Crippen molar-refractivity contribution in [3.8, 4) is 11.4 Å². The molecule has 1 unspecified atom stereocenters. The van der Waals surface area contributed by atoms with Gasteiger partial charge in [0.15, 0.2) is 11.6 Å². The van der Waals surface area contributed by atoms with E-state index in [-0.39, 0.29) is 18.0 Å². The molecule has 2 aliphatic heterocycles. The molecule has 1 saturated heterocycles. The van der Waals surface area contributed by atoms with Gasteiger partial charge in [-0.15, -0.1) is 0 Å². The summed E-state index contributed by atoms with van der Waals surface area (Å²) in [5, 5.41) is 6.36. The van der Waals surface area contributed by atoms with Gasteiger partial charge in [-0.2, -0.15) is 0 Å². The standard InChI is InChI=1S/C25H28IN7O4/c1-3-17-15-36-14-12-32(17)23-19-9-11-31(4-2)24(34)21(19)28-22(29-23)16-5-7-18(8-6-16)33(26)25(35)27-20-10-13-37-30-20/h5-8,10,13,17H,3-4,9,11-12,14-15H2,1-2H3,(H,27,30,35). The van der Waals surface area contributed by atoms with Crippen LogP contribution in [0.5, 0.6) is 0 Å². The Morgan fingerprint density at radius 3 is 2.70 bits per heavy atom. The minimum Gasteiger partial charge on any atom is -0.377 e. The Bertz CT molecular complexity index is 1270. The molecule has 0 spiro atoms. The van der Waals surface area contributed by atoms with Crippen LogP contribution in [0.3, 0.4) is 0 Å². The average Bonchev–Trinajstić information content (AvgIpc) is 3.45.